The molecule has 0 aromatic carbocycles. The summed E-state index contributed by atoms with van der Waals surface area (Å²) < 4.78 is 0. The third-order valence-electron chi connectivity index (χ3n) is 2.27. The Balaban J connectivity index is 3.94. The first kappa shape index (κ1) is 12.5. The van der Waals surface area contributed by atoms with Crippen LogP contribution in [0.2, 0.25) is 0 Å². The summed E-state index contributed by atoms with van der Waals surface area (Å²) in [5.74, 6) is 0. The van der Waals surface area contributed by atoms with Gasteiger partial charge in [-0.05, 0) is 20.8 Å². The summed E-state index contributed by atoms with van der Waals surface area (Å²) in [6.07, 6.45) is -0.571. The highest BCUT2D eigenvalue weighted by atomic mass is 16.3. The minimum atomic E-state index is -0.571. The van der Waals surface area contributed by atoms with Crippen LogP contribution in [0.4, 0.5) is 0 Å². The number of nitroso groups, excluding NO2 is 1. The summed E-state index contributed by atoms with van der Waals surface area (Å²) in [4.78, 5) is 10.3. The van der Waals surface area contributed by atoms with Crippen LogP contribution in [0.25, 0.3) is 0 Å². The number of rotatable bonds is 6. The van der Waals surface area contributed by atoms with Gasteiger partial charge in [-0.25, -0.2) is 0 Å². The maximum atomic E-state index is 10.3. The molecular formula is C8H19N3O2. The third-order valence-corrected chi connectivity index (χ3v) is 2.27. The molecule has 0 saturated heterocycles. The lowest BCUT2D eigenvalue weighted by molar-refractivity contribution is 0.162. The monoisotopic (exact) mass is 189 g/mol. The van der Waals surface area contributed by atoms with Crippen molar-refractivity contribution in [3.8, 4) is 0 Å². The average molecular weight is 189 g/mol. The molecule has 0 aromatic heterocycles. The smallest absolute Gasteiger partial charge is 0.107 e. The summed E-state index contributed by atoms with van der Waals surface area (Å²) in [5, 5.41) is 15.2. The van der Waals surface area contributed by atoms with Gasteiger partial charge in [-0.1, -0.05) is 5.18 Å². The van der Waals surface area contributed by atoms with Crippen molar-refractivity contribution in [3.05, 3.63) is 4.91 Å². The molecule has 0 heterocycles. The van der Waals surface area contributed by atoms with E-state index in [0.717, 1.165) is 0 Å². The lowest BCUT2D eigenvalue weighted by Crippen LogP contribution is -2.50. The van der Waals surface area contributed by atoms with Crippen LogP contribution in [0.15, 0.2) is 5.18 Å². The largest absolute Gasteiger partial charge is 0.390 e. The second-order valence-corrected chi connectivity index (χ2v) is 3.77. The number of β-amino-alcohol motifs (C(OH)–C–C–N with tert-alkyl or cyclic N) is 1. The van der Waals surface area contributed by atoms with Gasteiger partial charge in [-0.15, -0.1) is 0 Å². The number of nitrogens with one attached hydrogen (secondary N) is 1. The Morgan fingerprint density at radius 3 is 2.54 bits per heavy atom. The predicted octanol–water partition coefficient (Wildman–Crippen LogP) is -0.171. The van der Waals surface area contributed by atoms with E-state index in [9.17, 15) is 10.0 Å². The van der Waals surface area contributed by atoms with Crippen LogP contribution in [0.3, 0.4) is 0 Å². The van der Waals surface area contributed by atoms with Gasteiger partial charge in [0.2, 0.25) is 0 Å². The van der Waals surface area contributed by atoms with E-state index in [-0.39, 0.29) is 12.6 Å². The quantitative estimate of drug-likeness (QED) is 0.506. The molecule has 0 rings (SSSR count). The molecule has 2 atom stereocenters. The van der Waals surface area contributed by atoms with Crippen LogP contribution in [0.5, 0.6) is 0 Å². The number of hydrogen-bond acceptors (Lipinski definition) is 5. The SMILES string of the molecule is CC(N=O)C(C)(C)NCC(O)CN. The highest BCUT2D eigenvalue weighted by Crippen LogP contribution is 2.11. The summed E-state index contributed by atoms with van der Waals surface area (Å²) in [5.41, 5.74) is 4.83. The van der Waals surface area contributed by atoms with Gasteiger partial charge in [0.15, 0.2) is 0 Å². The number of aliphatic hydroxyl groups excluding tert-OH is 1. The van der Waals surface area contributed by atoms with Crippen LogP contribution >= 0.6 is 0 Å². The van der Waals surface area contributed by atoms with Crippen molar-refractivity contribution >= 4 is 0 Å². The minimum Gasteiger partial charge on any atom is -0.390 e. The highest BCUT2D eigenvalue weighted by molar-refractivity contribution is 4.88. The van der Waals surface area contributed by atoms with Gasteiger partial charge in [0.05, 0.1) is 6.10 Å². The summed E-state index contributed by atoms with van der Waals surface area (Å²) in [7, 11) is 0. The molecule has 5 heteroatoms. The molecule has 0 saturated carbocycles. The van der Waals surface area contributed by atoms with Gasteiger partial charge in [-0.2, -0.15) is 4.91 Å². The summed E-state index contributed by atoms with van der Waals surface area (Å²) in [6.45, 7) is 6.05. The molecule has 0 aromatic rings. The number of hydrogen-bond donors (Lipinski definition) is 3. The van der Waals surface area contributed by atoms with Crippen molar-refractivity contribution in [2.75, 3.05) is 13.1 Å². The van der Waals surface area contributed by atoms with Gasteiger partial charge in [-0.3, -0.25) is 0 Å². The Morgan fingerprint density at radius 2 is 2.15 bits per heavy atom. The van der Waals surface area contributed by atoms with Crippen LogP contribution < -0.4 is 11.1 Å². The topological polar surface area (TPSA) is 87.7 Å². The van der Waals surface area contributed by atoms with Gasteiger partial charge < -0.3 is 16.2 Å². The average Bonchev–Trinajstić information content (AvgIpc) is 2.12. The fraction of sp³-hybridized carbons (Fsp3) is 1.00. The molecule has 0 aliphatic carbocycles. The first-order valence-corrected chi connectivity index (χ1v) is 4.39. The van der Waals surface area contributed by atoms with E-state index in [4.69, 9.17) is 5.73 Å². The fourth-order valence-electron chi connectivity index (χ4n) is 0.744. The standard InChI is InChI=1S/C8H19N3O2/c1-6(11-13)8(2,3)10-5-7(12)4-9/h6-7,10,12H,4-5,9H2,1-3H3. The zero-order valence-electron chi connectivity index (χ0n) is 8.45. The van der Waals surface area contributed by atoms with Crippen molar-refractivity contribution in [3.63, 3.8) is 0 Å². The second kappa shape index (κ2) is 5.26. The van der Waals surface area contributed by atoms with E-state index in [1.54, 1.807) is 6.92 Å². The Kier molecular flexibility index (Phi) is 5.05. The maximum Gasteiger partial charge on any atom is 0.107 e. The van der Waals surface area contributed by atoms with Gasteiger partial charge in [0.1, 0.15) is 6.04 Å². The molecule has 78 valence electrons. The summed E-state index contributed by atoms with van der Waals surface area (Å²) >= 11 is 0. The number of aliphatic hydroxyl groups is 1. The zero-order chi connectivity index (χ0) is 10.5. The number of nitrogens with zero attached hydrogens (tertiary/aromatic N) is 1. The molecule has 0 radical (unpaired) electrons. The first-order valence-electron chi connectivity index (χ1n) is 4.39. The molecule has 0 bridgehead atoms. The van der Waals surface area contributed by atoms with Gasteiger partial charge in [0.25, 0.3) is 0 Å². The molecule has 0 aliphatic rings. The molecule has 2 unspecified atom stereocenters. The van der Waals surface area contributed by atoms with E-state index in [1.807, 2.05) is 13.8 Å². The van der Waals surface area contributed by atoms with Crippen LogP contribution in [0.1, 0.15) is 20.8 Å². The molecule has 13 heavy (non-hydrogen) atoms. The Hall–Kier alpha value is -0.520. The van der Waals surface area contributed by atoms with Crippen LogP contribution in [-0.2, 0) is 0 Å². The van der Waals surface area contributed by atoms with Crippen molar-refractivity contribution < 1.29 is 5.11 Å². The first-order chi connectivity index (χ1) is 5.94. The maximum absolute atomic E-state index is 10.3. The Labute approximate surface area is 78.7 Å². The van der Waals surface area contributed by atoms with Gasteiger partial charge in [0, 0.05) is 18.6 Å². The molecule has 0 amide bonds. The van der Waals surface area contributed by atoms with Crippen molar-refractivity contribution in [1.82, 2.24) is 5.32 Å². The molecule has 5 nitrogen and oxygen atoms in total. The molecular weight excluding hydrogens is 170 g/mol. The van der Waals surface area contributed by atoms with Crippen molar-refractivity contribution in [1.29, 1.82) is 0 Å². The Morgan fingerprint density at radius 1 is 1.62 bits per heavy atom. The van der Waals surface area contributed by atoms with Crippen LogP contribution in [0, 0.1) is 4.91 Å². The molecule has 4 N–H and O–H groups in total. The number of nitrogens with two attached hydrogens (primary N) is 1. The highest BCUT2D eigenvalue weighted by Gasteiger charge is 2.26. The second-order valence-electron chi connectivity index (χ2n) is 3.77. The molecule has 0 spiro atoms. The van der Waals surface area contributed by atoms with E-state index in [1.165, 1.54) is 0 Å². The van der Waals surface area contributed by atoms with Gasteiger partial charge >= 0.3 is 0 Å². The lowest BCUT2D eigenvalue weighted by Gasteiger charge is -2.29. The predicted molar refractivity (Wildman–Crippen MR) is 52.4 cm³/mol. The third kappa shape index (κ3) is 4.31. The summed E-state index contributed by atoms with van der Waals surface area (Å²) in [6, 6.07) is -0.336. The van der Waals surface area contributed by atoms with Crippen molar-refractivity contribution in [2.45, 2.75) is 38.5 Å². The van der Waals surface area contributed by atoms with Crippen LogP contribution in [-0.4, -0.2) is 35.9 Å². The Bertz CT molecular complexity index is 161. The normalized spacial score (nSPS) is 16.7. The zero-order valence-corrected chi connectivity index (χ0v) is 8.45. The molecule has 0 fully saturated rings. The van der Waals surface area contributed by atoms with E-state index < -0.39 is 11.6 Å². The lowest BCUT2D eigenvalue weighted by atomic mass is 9.96. The minimum absolute atomic E-state index is 0.214. The van der Waals surface area contributed by atoms with E-state index >= 15 is 0 Å². The van der Waals surface area contributed by atoms with E-state index in [0.29, 0.717) is 6.54 Å². The van der Waals surface area contributed by atoms with E-state index in [2.05, 4.69) is 10.5 Å². The van der Waals surface area contributed by atoms with Crippen molar-refractivity contribution in [2.24, 2.45) is 10.9 Å². The fourth-order valence-corrected chi connectivity index (χ4v) is 0.744. The molecule has 0 aliphatic heterocycles.